The minimum Gasteiger partial charge on any atom is -0.335 e. The van der Waals surface area contributed by atoms with Crippen LogP contribution in [0.5, 0.6) is 0 Å². The van der Waals surface area contributed by atoms with Crippen molar-refractivity contribution in [3.8, 4) is 0 Å². The lowest BCUT2D eigenvalue weighted by Crippen LogP contribution is -2.50. The number of urea groups is 1. The highest BCUT2D eigenvalue weighted by molar-refractivity contribution is 5.74. The van der Waals surface area contributed by atoms with E-state index in [1.54, 1.807) is 0 Å². The second-order valence-electron chi connectivity index (χ2n) is 7.83. The van der Waals surface area contributed by atoms with Crippen LogP contribution in [0.25, 0.3) is 0 Å². The highest BCUT2D eigenvalue weighted by Crippen LogP contribution is 2.49. The summed E-state index contributed by atoms with van der Waals surface area (Å²) in [6.45, 7) is 10.7. The zero-order chi connectivity index (χ0) is 14.2. The van der Waals surface area contributed by atoms with Crippen LogP contribution in [0.2, 0.25) is 0 Å². The molecule has 0 radical (unpaired) electrons. The molecule has 3 heteroatoms. The molecule has 2 bridgehead atoms. The zero-order valence-corrected chi connectivity index (χ0v) is 13.1. The van der Waals surface area contributed by atoms with Gasteiger partial charge in [0, 0.05) is 12.1 Å². The first-order valence-electron chi connectivity index (χ1n) is 7.84. The van der Waals surface area contributed by atoms with Crippen molar-refractivity contribution in [3.05, 3.63) is 0 Å². The third kappa shape index (κ3) is 3.43. The first-order valence-corrected chi connectivity index (χ1v) is 7.84. The summed E-state index contributed by atoms with van der Waals surface area (Å²) in [4.78, 5) is 12.1. The molecule has 0 heterocycles. The van der Waals surface area contributed by atoms with Gasteiger partial charge in [0.25, 0.3) is 0 Å². The quantitative estimate of drug-likeness (QED) is 0.806. The summed E-state index contributed by atoms with van der Waals surface area (Å²) in [7, 11) is 0. The van der Waals surface area contributed by atoms with E-state index in [2.05, 4.69) is 45.3 Å². The number of nitrogens with one attached hydrogen (secondary N) is 2. The van der Waals surface area contributed by atoms with Crippen molar-refractivity contribution < 1.29 is 4.79 Å². The molecule has 2 fully saturated rings. The van der Waals surface area contributed by atoms with Gasteiger partial charge in [-0.2, -0.15) is 0 Å². The molecule has 2 N–H and O–H groups in total. The average Bonchev–Trinajstić information content (AvgIpc) is 2.88. The van der Waals surface area contributed by atoms with E-state index in [1.165, 1.54) is 25.7 Å². The van der Waals surface area contributed by atoms with Crippen molar-refractivity contribution in [2.24, 2.45) is 23.2 Å². The normalized spacial score (nSPS) is 33.0. The van der Waals surface area contributed by atoms with Crippen LogP contribution >= 0.6 is 0 Å². The van der Waals surface area contributed by atoms with E-state index in [4.69, 9.17) is 0 Å². The average molecular weight is 266 g/mol. The third-order valence-electron chi connectivity index (χ3n) is 5.44. The minimum atomic E-state index is -0.00213. The molecular weight excluding hydrogens is 236 g/mol. The molecule has 2 saturated carbocycles. The molecule has 2 amide bonds. The number of fused-ring (bicyclic) bond motifs is 2. The molecule has 0 aromatic heterocycles. The molecule has 5 atom stereocenters. The van der Waals surface area contributed by atoms with Crippen LogP contribution in [0.15, 0.2) is 0 Å². The van der Waals surface area contributed by atoms with Gasteiger partial charge in [-0.1, -0.05) is 27.2 Å². The maximum atomic E-state index is 12.1. The fourth-order valence-corrected chi connectivity index (χ4v) is 3.67. The Labute approximate surface area is 117 Å². The van der Waals surface area contributed by atoms with E-state index in [-0.39, 0.29) is 17.5 Å². The molecule has 19 heavy (non-hydrogen) atoms. The molecular formula is C16H30N2O. The molecule has 3 nitrogen and oxygen atoms in total. The Morgan fingerprint density at radius 1 is 1.11 bits per heavy atom. The van der Waals surface area contributed by atoms with Crippen molar-refractivity contribution in [1.82, 2.24) is 10.6 Å². The van der Waals surface area contributed by atoms with Crippen molar-refractivity contribution in [3.63, 3.8) is 0 Å². The van der Waals surface area contributed by atoms with Gasteiger partial charge in [-0.25, -0.2) is 4.79 Å². The summed E-state index contributed by atoms with van der Waals surface area (Å²) in [5.41, 5.74) is 0.104. The number of hydrogen-bond donors (Lipinski definition) is 2. The molecule has 2 aliphatic rings. The maximum absolute atomic E-state index is 12.1. The van der Waals surface area contributed by atoms with Gasteiger partial charge < -0.3 is 10.6 Å². The topological polar surface area (TPSA) is 41.1 Å². The molecule has 2 aliphatic carbocycles. The fourth-order valence-electron chi connectivity index (χ4n) is 3.67. The van der Waals surface area contributed by atoms with Crippen molar-refractivity contribution in [2.75, 3.05) is 0 Å². The molecule has 110 valence electrons. The number of rotatable bonds is 3. The number of carbonyl (C=O) groups excluding carboxylic acids is 1. The minimum absolute atomic E-state index is 0.00213. The van der Waals surface area contributed by atoms with Crippen LogP contribution in [-0.4, -0.2) is 18.1 Å². The van der Waals surface area contributed by atoms with Gasteiger partial charge in [-0.15, -0.1) is 0 Å². The summed E-state index contributed by atoms with van der Waals surface area (Å²) < 4.78 is 0. The summed E-state index contributed by atoms with van der Waals surface area (Å²) in [6.07, 6.45) is 5.51. The van der Waals surface area contributed by atoms with Crippen LogP contribution in [0.1, 0.15) is 60.3 Å². The summed E-state index contributed by atoms with van der Waals surface area (Å²) in [5.74, 6) is 2.51. The van der Waals surface area contributed by atoms with Crippen LogP contribution in [0.4, 0.5) is 4.79 Å². The Bertz CT molecular complexity index is 334. The van der Waals surface area contributed by atoms with Gasteiger partial charge in [0.1, 0.15) is 0 Å². The number of carbonyl (C=O) groups is 1. The summed E-state index contributed by atoms with van der Waals surface area (Å²) in [5, 5.41) is 6.23. The van der Waals surface area contributed by atoms with Gasteiger partial charge >= 0.3 is 6.03 Å². The van der Waals surface area contributed by atoms with Crippen molar-refractivity contribution in [1.29, 1.82) is 0 Å². The SMILES string of the molecule is CC(NC(=O)NC(C)C(C)(C)C)C1CC2CCC1C2. The first-order chi connectivity index (χ1) is 8.77. The predicted octanol–water partition coefficient (Wildman–Crippen LogP) is 3.54. The van der Waals surface area contributed by atoms with Gasteiger partial charge in [-0.3, -0.25) is 0 Å². The monoisotopic (exact) mass is 266 g/mol. The van der Waals surface area contributed by atoms with Crippen LogP contribution < -0.4 is 10.6 Å². The van der Waals surface area contributed by atoms with E-state index in [9.17, 15) is 4.79 Å². The van der Waals surface area contributed by atoms with Gasteiger partial charge in [0.05, 0.1) is 0 Å². The molecule has 0 aromatic rings. The lowest BCUT2D eigenvalue weighted by molar-refractivity contribution is 0.206. The predicted molar refractivity (Wildman–Crippen MR) is 79.0 cm³/mol. The number of amides is 2. The van der Waals surface area contributed by atoms with E-state index in [1.807, 2.05) is 0 Å². The molecule has 0 aromatic carbocycles. The Morgan fingerprint density at radius 3 is 2.26 bits per heavy atom. The fraction of sp³-hybridized carbons (Fsp3) is 0.938. The molecule has 2 rings (SSSR count). The Hall–Kier alpha value is -0.730. The molecule has 5 unspecified atom stereocenters. The second kappa shape index (κ2) is 5.34. The van der Waals surface area contributed by atoms with E-state index in [0.29, 0.717) is 12.0 Å². The largest absolute Gasteiger partial charge is 0.335 e. The molecule has 0 aliphatic heterocycles. The van der Waals surface area contributed by atoms with Gasteiger partial charge in [0.2, 0.25) is 0 Å². The highest BCUT2D eigenvalue weighted by atomic mass is 16.2. The zero-order valence-electron chi connectivity index (χ0n) is 13.1. The first kappa shape index (κ1) is 14.7. The smallest absolute Gasteiger partial charge is 0.315 e. The third-order valence-corrected chi connectivity index (χ3v) is 5.44. The van der Waals surface area contributed by atoms with Crippen LogP contribution in [0, 0.1) is 23.2 Å². The molecule has 0 saturated heterocycles. The summed E-state index contributed by atoms with van der Waals surface area (Å²) >= 11 is 0. The van der Waals surface area contributed by atoms with Crippen molar-refractivity contribution >= 4 is 6.03 Å². The van der Waals surface area contributed by atoms with E-state index < -0.39 is 0 Å². The van der Waals surface area contributed by atoms with Crippen molar-refractivity contribution in [2.45, 2.75) is 72.4 Å². The lowest BCUT2D eigenvalue weighted by Gasteiger charge is -2.31. The van der Waals surface area contributed by atoms with E-state index in [0.717, 1.165) is 11.8 Å². The Kier molecular flexibility index (Phi) is 4.12. The highest BCUT2D eigenvalue weighted by Gasteiger charge is 2.42. The Balaban J connectivity index is 1.79. The van der Waals surface area contributed by atoms with E-state index >= 15 is 0 Å². The second-order valence-corrected chi connectivity index (χ2v) is 7.83. The molecule has 0 spiro atoms. The maximum Gasteiger partial charge on any atom is 0.315 e. The van der Waals surface area contributed by atoms with Crippen LogP contribution in [-0.2, 0) is 0 Å². The number of hydrogen-bond acceptors (Lipinski definition) is 1. The van der Waals surface area contributed by atoms with Crippen LogP contribution in [0.3, 0.4) is 0 Å². The summed E-state index contributed by atoms with van der Waals surface area (Å²) in [6, 6.07) is 0.486. The van der Waals surface area contributed by atoms with Gasteiger partial charge in [-0.05, 0) is 56.3 Å². The standard InChI is InChI=1S/C16H30N2O/c1-10(14-9-12-6-7-13(14)8-12)17-15(19)18-11(2)16(3,4)5/h10-14H,6-9H2,1-5H3,(H2,17,18,19). The lowest BCUT2D eigenvalue weighted by atomic mass is 9.84. The Morgan fingerprint density at radius 2 is 1.79 bits per heavy atom. The van der Waals surface area contributed by atoms with Gasteiger partial charge in [0.15, 0.2) is 0 Å².